The van der Waals surface area contributed by atoms with Crippen molar-refractivity contribution in [1.29, 1.82) is 0 Å². The van der Waals surface area contributed by atoms with Crippen LogP contribution in [0.5, 0.6) is 0 Å². The van der Waals surface area contributed by atoms with Gasteiger partial charge in [-0.3, -0.25) is 37.3 Å². The van der Waals surface area contributed by atoms with E-state index in [-0.39, 0.29) is 25.7 Å². The molecular weight excluding hydrogens is 1350 g/mol. The number of hydrogen-bond acceptors (Lipinski definition) is 15. The van der Waals surface area contributed by atoms with Crippen molar-refractivity contribution in [3.05, 3.63) is 85.1 Å². The van der Waals surface area contributed by atoms with E-state index in [9.17, 15) is 43.2 Å². The normalized spacial score (nSPS) is 14.3. The second-order valence-electron chi connectivity index (χ2n) is 28.1. The molecule has 604 valence electrons. The summed E-state index contributed by atoms with van der Waals surface area (Å²) in [6.45, 7) is 4.80. The fraction of sp³-hybridized carbons (Fsp3) is 0.788. The first-order valence-corrected chi connectivity index (χ1v) is 44.8. The van der Waals surface area contributed by atoms with Gasteiger partial charge in [0.1, 0.15) is 19.3 Å². The lowest BCUT2D eigenvalue weighted by molar-refractivity contribution is -0.161. The molecule has 3 N–H and O–H groups in total. The van der Waals surface area contributed by atoms with Gasteiger partial charge in [0.15, 0.2) is 12.2 Å². The Balaban J connectivity index is 5.41. The van der Waals surface area contributed by atoms with E-state index < -0.39 is 97.5 Å². The van der Waals surface area contributed by atoms with Gasteiger partial charge in [0, 0.05) is 25.7 Å². The molecule has 104 heavy (non-hydrogen) atoms. The fourth-order valence-corrected chi connectivity index (χ4v) is 13.0. The van der Waals surface area contributed by atoms with E-state index in [4.69, 9.17) is 37.0 Å². The lowest BCUT2D eigenvalue weighted by atomic mass is 10.0. The number of phosphoric acid groups is 2. The minimum Gasteiger partial charge on any atom is -0.462 e. The molecule has 17 nitrogen and oxygen atoms in total. The van der Waals surface area contributed by atoms with Gasteiger partial charge in [0.25, 0.3) is 0 Å². The van der Waals surface area contributed by atoms with Crippen LogP contribution in [0.1, 0.15) is 374 Å². The van der Waals surface area contributed by atoms with Crippen LogP contribution >= 0.6 is 15.6 Å². The number of phosphoric ester groups is 2. The summed E-state index contributed by atoms with van der Waals surface area (Å²) in [6.07, 6.45) is 81.3. The van der Waals surface area contributed by atoms with Crippen LogP contribution in [0.3, 0.4) is 0 Å². The molecule has 0 spiro atoms. The highest BCUT2D eigenvalue weighted by molar-refractivity contribution is 7.47. The molecule has 0 saturated heterocycles. The molecule has 19 heteroatoms. The standard InChI is InChI=1S/C85H152O17P2/c1-5-9-13-17-21-25-29-33-37-38-39-40-44-48-52-56-60-64-68-72-85(90)102-81(76-96-83(88)70-66-62-58-54-50-46-42-35-31-27-23-19-15-11-7-3)78-100-104(93,94)98-74-79(86)73-97-103(91,92)99-77-80(101-84(89)71-67-63-59-55-51-47-43-36-32-28-24-20-16-12-8-4)75-95-82(87)69-65-61-57-53-49-45-41-34-30-26-22-18-14-10-6-2/h21,25-27,30-31,33,37,39-40,48,52,60,64,79-81,86H,5-20,22-24,28-29,32,34-36,38,41-47,49-51,53-59,61-63,65-78H2,1-4H3,(H,91,92)(H,93,94)/b25-21-,30-26-,31-27-,37-33-,40-39-,52-48-,64-60-/t79-,80+,81+/m0/s1. The summed E-state index contributed by atoms with van der Waals surface area (Å²) in [5.41, 5.74) is 0. The molecule has 0 fully saturated rings. The first-order chi connectivity index (χ1) is 50.7. The predicted molar refractivity (Wildman–Crippen MR) is 427 cm³/mol. The van der Waals surface area contributed by atoms with Crippen LogP contribution in [0.4, 0.5) is 0 Å². The molecule has 0 heterocycles. The third-order valence-electron chi connectivity index (χ3n) is 17.8. The van der Waals surface area contributed by atoms with Crippen molar-refractivity contribution >= 4 is 39.5 Å². The summed E-state index contributed by atoms with van der Waals surface area (Å²) < 4.78 is 68.6. The van der Waals surface area contributed by atoms with Crippen molar-refractivity contribution in [2.75, 3.05) is 39.6 Å². The number of aliphatic hydroxyl groups excluding tert-OH is 1. The van der Waals surface area contributed by atoms with Crippen LogP contribution in [0.25, 0.3) is 0 Å². The minimum atomic E-state index is -5.00. The van der Waals surface area contributed by atoms with Gasteiger partial charge in [0.05, 0.1) is 26.4 Å². The quantitative estimate of drug-likeness (QED) is 0.0169. The first-order valence-electron chi connectivity index (χ1n) is 41.8. The molecular formula is C85H152O17P2. The smallest absolute Gasteiger partial charge is 0.462 e. The molecule has 0 aromatic carbocycles. The monoisotopic (exact) mass is 1510 g/mol. The number of carbonyl (C=O) groups excluding carboxylic acids is 4. The van der Waals surface area contributed by atoms with E-state index in [0.717, 1.165) is 128 Å². The Kier molecular flexibility index (Phi) is 74.6. The molecule has 2 unspecified atom stereocenters. The number of esters is 4. The Morgan fingerprint density at radius 1 is 0.269 bits per heavy atom. The highest BCUT2D eigenvalue weighted by Gasteiger charge is 2.30. The minimum absolute atomic E-state index is 0.0272. The zero-order valence-electron chi connectivity index (χ0n) is 66.2. The Morgan fingerprint density at radius 2 is 0.490 bits per heavy atom. The second-order valence-corrected chi connectivity index (χ2v) is 31.0. The molecule has 5 atom stereocenters. The Morgan fingerprint density at radius 3 is 0.817 bits per heavy atom. The summed E-state index contributed by atoms with van der Waals surface area (Å²) in [4.78, 5) is 73.1. The average molecular weight is 1510 g/mol. The van der Waals surface area contributed by atoms with Gasteiger partial charge in [-0.25, -0.2) is 9.13 Å². The van der Waals surface area contributed by atoms with Gasteiger partial charge in [-0.05, 0) is 116 Å². The van der Waals surface area contributed by atoms with Crippen LogP contribution in [0.15, 0.2) is 85.1 Å². The fourth-order valence-electron chi connectivity index (χ4n) is 11.4. The molecule has 0 aliphatic rings. The maximum atomic E-state index is 13.1. The van der Waals surface area contributed by atoms with Crippen molar-refractivity contribution in [2.45, 2.75) is 393 Å². The van der Waals surface area contributed by atoms with E-state index in [0.29, 0.717) is 32.1 Å². The third kappa shape index (κ3) is 76.4. The maximum absolute atomic E-state index is 13.1. The number of allylic oxidation sites excluding steroid dienone is 14. The highest BCUT2D eigenvalue weighted by atomic mass is 31.2. The van der Waals surface area contributed by atoms with Gasteiger partial charge in [-0.2, -0.15) is 0 Å². The van der Waals surface area contributed by atoms with Gasteiger partial charge in [0.2, 0.25) is 0 Å². The van der Waals surface area contributed by atoms with Crippen molar-refractivity contribution in [3.63, 3.8) is 0 Å². The maximum Gasteiger partial charge on any atom is 0.472 e. The topological polar surface area (TPSA) is 237 Å². The molecule has 0 bridgehead atoms. The Hall–Kier alpha value is -3.76. The van der Waals surface area contributed by atoms with Crippen LogP contribution in [-0.2, 0) is 65.4 Å². The van der Waals surface area contributed by atoms with Crippen molar-refractivity contribution in [3.8, 4) is 0 Å². The summed E-state index contributed by atoms with van der Waals surface area (Å²) in [7, 11) is -9.97. The van der Waals surface area contributed by atoms with Gasteiger partial charge < -0.3 is 33.8 Å². The zero-order valence-corrected chi connectivity index (χ0v) is 68.0. The number of ether oxygens (including phenoxy) is 4. The molecule has 0 radical (unpaired) electrons. The molecule has 0 aliphatic carbocycles. The van der Waals surface area contributed by atoms with Crippen LogP contribution in [0.2, 0.25) is 0 Å². The number of hydrogen-bond donors (Lipinski definition) is 3. The van der Waals surface area contributed by atoms with E-state index >= 15 is 0 Å². The lowest BCUT2D eigenvalue weighted by Gasteiger charge is -2.21. The summed E-state index contributed by atoms with van der Waals surface area (Å²) in [5, 5.41) is 10.7. The largest absolute Gasteiger partial charge is 0.472 e. The number of unbranched alkanes of at least 4 members (excludes halogenated alkanes) is 39. The first kappa shape index (κ1) is 100. The van der Waals surface area contributed by atoms with Gasteiger partial charge >= 0.3 is 39.5 Å². The average Bonchev–Trinajstić information content (AvgIpc) is 0.943. The lowest BCUT2D eigenvalue weighted by Crippen LogP contribution is -2.30. The Labute approximate surface area is 634 Å². The van der Waals surface area contributed by atoms with Crippen LogP contribution in [0, 0.1) is 0 Å². The number of aliphatic hydroxyl groups is 1. The van der Waals surface area contributed by atoms with E-state index in [1.807, 2.05) is 18.2 Å². The van der Waals surface area contributed by atoms with Crippen molar-refractivity contribution < 1.29 is 80.2 Å². The molecule has 0 amide bonds. The zero-order chi connectivity index (χ0) is 76.0. The van der Waals surface area contributed by atoms with Gasteiger partial charge in [-0.1, -0.05) is 318 Å². The van der Waals surface area contributed by atoms with Gasteiger partial charge in [-0.15, -0.1) is 0 Å². The van der Waals surface area contributed by atoms with E-state index in [1.54, 1.807) is 0 Å². The highest BCUT2D eigenvalue weighted by Crippen LogP contribution is 2.45. The van der Waals surface area contributed by atoms with Crippen LogP contribution in [-0.4, -0.2) is 96.7 Å². The SMILES string of the molecule is CCCCC/C=C\C/C=C\C/C=C\C/C=C\C/C=C\CCC(=O)O[C@H](COC(=O)CCCCCCCCC/C=C\CCCCCC)COP(=O)(O)OC[C@@H](O)COP(=O)(O)OC[C@@H](COC(=O)CCCCCCCCC/C=C\CCCCCC)OC(=O)CCCCCCCCCCCCCCCCC. The summed E-state index contributed by atoms with van der Waals surface area (Å²) in [5.74, 6) is -2.25. The third-order valence-corrected chi connectivity index (χ3v) is 19.7. The molecule has 0 aromatic heterocycles. The Bertz CT molecular complexity index is 2300. The van der Waals surface area contributed by atoms with Crippen molar-refractivity contribution in [2.24, 2.45) is 0 Å². The second kappa shape index (κ2) is 77.4. The molecule has 0 saturated carbocycles. The summed E-state index contributed by atoms with van der Waals surface area (Å²) in [6, 6.07) is 0. The predicted octanol–water partition coefficient (Wildman–Crippen LogP) is 24.6. The molecule has 0 aromatic rings. The van der Waals surface area contributed by atoms with Crippen LogP contribution < -0.4 is 0 Å². The number of rotatable bonds is 79. The number of carbonyl (C=O) groups is 4. The summed E-state index contributed by atoms with van der Waals surface area (Å²) >= 11 is 0. The molecule has 0 rings (SSSR count). The van der Waals surface area contributed by atoms with E-state index in [1.165, 1.54) is 161 Å². The van der Waals surface area contributed by atoms with Crippen molar-refractivity contribution in [1.82, 2.24) is 0 Å². The molecule has 0 aliphatic heterocycles. The van der Waals surface area contributed by atoms with E-state index in [2.05, 4.69) is 94.5 Å².